The Morgan fingerprint density at radius 2 is 2.14 bits per heavy atom. The zero-order chi connectivity index (χ0) is 15.5. The first-order valence-corrected chi connectivity index (χ1v) is 7.73. The Morgan fingerprint density at radius 1 is 1.27 bits per heavy atom. The molecular weight excluding hydrogens is 280 g/mol. The number of aryl methyl sites for hydroxylation is 1. The van der Waals surface area contributed by atoms with Crippen LogP contribution in [0.1, 0.15) is 31.2 Å². The molecule has 2 N–H and O–H groups in total. The van der Waals surface area contributed by atoms with Gasteiger partial charge in [0, 0.05) is 24.7 Å². The first kappa shape index (κ1) is 14.6. The van der Waals surface area contributed by atoms with Crippen molar-refractivity contribution in [2.75, 3.05) is 6.54 Å². The third-order valence-corrected chi connectivity index (χ3v) is 4.35. The van der Waals surface area contributed by atoms with E-state index in [1.54, 1.807) is 4.90 Å². The van der Waals surface area contributed by atoms with E-state index in [9.17, 15) is 14.7 Å². The van der Waals surface area contributed by atoms with Gasteiger partial charge in [0.2, 0.25) is 5.91 Å². The number of amides is 1. The van der Waals surface area contributed by atoms with Crippen LogP contribution >= 0.6 is 0 Å². The number of aliphatic carboxylic acids is 1. The molecule has 0 unspecified atom stereocenters. The smallest absolute Gasteiger partial charge is 0.326 e. The summed E-state index contributed by atoms with van der Waals surface area (Å²) in [5, 5.41) is 10.4. The highest BCUT2D eigenvalue weighted by Crippen LogP contribution is 2.20. The van der Waals surface area contributed by atoms with Crippen LogP contribution in [0.3, 0.4) is 0 Å². The van der Waals surface area contributed by atoms with Crippen LogP contribution in [0.2, 0.25) is 0 Å². The normalized spacial score (nSPS) is 18.5. The van der Waals surface area contributed by atoms with E-state index in [-0.39, 0.29) is 5.91 Å². The molecule has 3 rings (SSSR count). The second kappa shape index (κ2) is 6.22. The van der Waals surface area contributed by atoms with Gasteiger partial charge in [0.15, 0.2) is 0 Å². The quantitative estimate of drug-likeness (QED) is 0.911. The third-order valence-electron chi connectivity index (χ3n) is 4.35. The lowest BCUT2D eigenvalue weighted by Gasteiger charge is -2.33. The maximum absolute atomic E-state index is 12.4. The lowest BCUT2D eigenvalue weighted by molar-refractivity contribution is -0.152. The summed E-state index contributed by atoms with van der Waals surface area (Å²) in [6.45, 7) is 0.562. The SMILES string of the molecule is O=C(O)[C@H]1CCCCN1C(=O)CCc1ccc2[nH]ccc2c1. The largest absolute Gasteiger partial charge is 0.480 e. The minimum absolute atomic E-state index is 0.0544. The number of nitrogens with one attached hydrogen (secondary N) is 1. The number of fused-ring (bicyclic) bond motifs is 1. The first-order chi connectivity index (χ1) is 10.6. The van der Waals surface area contributed by atoms with Crippen LogP contribution in [0.5, 0.6) is 0 Å². The van der Waals surface area contributed by atoms with E-state index in [1.165, 1.54) is 0 Å². The van der Waals surface area contributed by atoms with Gasteiger partial charge in [-0.25, -0.2) is 4.79 Å². The average Bonchev–Trinajstić information content (AvgIpc) is 3.00. The Hall–Kier alpha value is -2.30. The molecule has 2 aromatic rings. The monoisotopic (exact) mass is 300 g/mol. The van der Waals surface area contributed by atoms with Crippen LogP contribution in [0.4, 0.5) is 0 Å². The van der Waals surface area contributed by atoms with E-state index >= 15 is 0 Å². The van der Waals surface area contributed by atoms with Crippen molar-refractivity contribution in [2.24, 2.45) is 0 Å². The van der Waals surface area contributed by atoms with E-state index < -0.39 is 12.0 Å². The van der Waals surface area contributed by atoms with Crippen molar-refractivity contribution in [3.63, 3.8) is 0 Å². The number of aromatic amines is 1. The van der Waals surface area contributed by atoms with Crippen LogP contribution in [-0.2, 0) is 16.0 Å². The van der Waals surface area contributed by atoms with Crippen LogP contribution in [0.15, 0.2) is 30.5 Å². The van der Waals surface area contributed by atoms with Gasteiger partial charge in [0.25, 0.3) is 0 Å². The van der Waals surface area contributed by atoms with Gasteiger partial charge in [-0.05, 0) is 54.8 Å². The van der Waals surface area contributed by atoms with E-state index in [1.807, 2.05) is 24.4 Å². The summed E-state index contributed by atoms with van der Waals surface area (Å²) >= 11 is 0. The van der Waals surface area contributed by atoms with Gasteiger partial charge in [-0.2, -0.15) is 0 Å². The minimum atomic E-state index is -0.887. The van der Waals surface area contributed by atoms with Crippen LogP contribution in [0, 0.1) is 0 Å². The van der Waals surface area contributed by atoms with Crippen molar-refractivity contribution in [1.82, 2.24) is 9.88 Å². The van der Waals surface area contributed by atoms with Crippen molar-refractivity contribution >= 4 is 22.8 Å². The summed E-state index contributed by atoms with van der Waals surface area (Å²) in [5.41, 5.74) is 2.18. The molecule has 116 valence electrons. The maximum atomic E-state index is 12.4. The molecular formula is C17H20N2O3. The van der Waals surface area contributed by atoms with Gasteiger partial charge in [0.1, 0.15) is 6.04 Å². The summed E-state index contributed by atoms with van der Waals surface area (Å²) in [7, 11) is 0. The molecule has 0 bridgehead atoms. The highest BCUT2D eigenvalue weighted by molar-refractivity contribution is 5.84. The molecule has 1 amide bonds. The summed E-state index contributed by atoms with van der Waals surface area (Å²) in [6.07, 6.45) is 5.24. The van der Waals surface area contributed by atoms with Crippen molar-refractivity contribution in [2.45, 2.75) is 38.1 Å². The highest BCUT2D eigenvalue weighted by atomic mass is 16.4. The molecule has 1 aliphatic rings. The summed E-state index contributed by atoms with van der Waals surface area (Å²) in [5.74, 6) is -0.942. The fraction of sp³-hybridized carbons (Fsp3) is 0.412. The molecule has 2 heterocycles. The van der Waals surface area contributed by atoms with Gasteiger partial charge in [-0.15, -0.1) is 0 Å². The molecule has 1 atom stereocenters. The number of carbonyl (C=O) groups is 2. The van der Waals surface area contributed by atoms with Gasteiger partial charge in [-0.1, -0.05) is 6.07 Å². The third kappa shape index (κ3) is 2.98. The molecule has 0 radical (unpaired) electrons. The number of piperidine rings is 1. The highest BCUT2D eigenvalue weighted by Gasteiger charge is 2.31. The lowest BCUT2D eigenvalue weighted by Crippen LogP contribution is -2.48. The Bertz CT molecular complexity index is 692. The van der Waals surface area contributed by atoms with Crippen molar-refractivity contribution < 1.29 is 14.7 Å². The average molecular weight is 300 g/mol. The molecule has 5 nitrogen and oxygen atoms in total. The number of aromatic nitrogens is 1. The Morgan fingerprint density at radius 3 is 2.95 bits per heavy atom. The molecule has 5 heteroatoms. The van der Waals surface area contributed by atoms with Crippen LogP contribution in [0.25, 0.3) is 10.9 Å². The van der Waals surface area contributed by atoms with Gasteiger partial charge < -0.3 is 15.0 Å². The number of hydrogen-bond acceptors (Lipinski definition) is 2. The predicted molar refractivity (Wildman–Crippen MR) is 83.6 cm³/mol. The summed E-state index contributed by atoms with van der Waals surface area (Å²) < 4.78 is 0. The number of carboxylic acid groups (broad SMARTS) is 1. The molecule has 1 saturated heterocycles. The molecule has 1 aromatic carbocycles. The van der Waals surface area contributed by atoms with E-state index in [0.29, 0.717) is 25.8 Å². The van der Waals surface area contributed by atoms with Crippen molar-refractivity contribution in [3.8, 4) is 0 Å². The Kier molecular flexibility index (Phi) is 4.13. The number of likely N-dealkylation sites (tertiary alicyclic amines) is 1. The standard InChI is InChI=1S/C17H20N2O3/c20-16(19-10-2-1-3-15(19)17(21)22)7-5-12-4-6-14-13(11-12)8-9-18-14/h4,6,8-9,11,15,18H,1-3,5,7,10H2,(H,21,22)/t15-/m1/s1. The maximum Gasteiger partial charge on any atom is 0.326 e. The van der Waals surface area contributed by atoms with Gasteiger partial charge in [0.05, 0.1) is 0 Å². The zero-order valence-corrected chi connectivity index (χ0v) is 12.4. The van der Waals surface area contributed by atoms with Crippen molar-refractivity contribution in [1.29, 1.82) is 0 Å². The number of hydrogen-bond donors (Lipinski definition) is 2. The van der Waals surface area contributed by atoms with E-state index in [2.05, 4.69) is 11.1 Å². The number of H-pyrrole nitrogens is 1. The number of rotatable bonds is 4. The molecule has 22 heavy (non-hydrogen) atoms. The Labute approximate surface area is 128 Å². The minimum Gasteiger partial charge on any atom is -0.480 e. The lowest BCUT2D eigenvalue weighted by atomic mass is 10.0. The fourth-order valence-electron chi connectivity index (χ4n) is 3.14. The second-order valence-electron chi connectivity index (χ2n) is 5.84. The van der Waals surface area contributed by atoms with Gasteiger partial charge >= 0.3 is 5.97 Å². The molecule has 0 spiro atoms. The molecule has 0 saturated carbocycles. The number of carboxylic acids is 1. The zero-order valence-electron chi connectivity index (χ0n) is 12.4. The van der Waals surface area contributed by atoms with E-state index in [4.69, 9.17) is 0 Å². The predicted octanol–water partition coefficient (Wildman–Crippen LogP) is 2.57. The van der Waals surface area contributed by atoms with Crippen LogP contribution in [-0.4, -0.2) is 39.5 Å². The molecule has 0 aliphatic carbocycles. The Balaban J connectivity index is 1.64. The van der Waals surface area contributed by atoms with E-state index in [0.717, 1.165) is 29.3 Å². The van der Waals surface area contributed by atoms with Crippen LogP contribution < -0.4 is 0 Å². The topological polar surface area (TPSA) is 73.4 Å². The summed E-state index contributed by atoms with van der Waals surface area (Å²) in [6, 6.07) is 7.46. The van der Waals surface area contributed by atoms with Gasteiger partial charge in [-0.3, -0.25) is 4.79 Å². The molecule has 1 aliphatic heterocycles. The molecule has 1 fully saturated rings. The molecule has 1 aromatic heterocycles. The van der Waals surface area contributed by atoms with Crippen molar-refractivity contribution in [3.05, 3.63) is 36.0 Å². The fourth-order valence-corrected chi connectivity index (χ4v) is 3.14. The first-order valence-electron chi connectivity index (χ1n) is 7.73. The number of benzene rings is 1. The summed E-state index contributed by atoms with van der Waals surface area (Å²) in [4.78, 5) is 28.3. The number of carbonyl (C=O) groups excluding carboxylic acids is 1. The number of nitrogens with zero attached hydrogens (tertiary/aromatic N) is 1. The second-order valence-corrected chi connectivity index (χ2v) is 5.84.